The van der Waals surface area contributed by atoms with Crippen LogP contribution in [0.2, 0.25) is 5.02 Å². The maximum Gasteiger partial charge on any atom is 0.0453 e. The van der Waals surface area contributed by atoms with Crippen LogP contribution in [0.25, 0.3) is 0 Å². The van der Waals surface area contributed by atoms with Gasteiger partial charge in [0.25, 0.3) is 0 Å². The molecule has 0 heterocycles. The van der Waals surface area contributed by atoms with Gasteiger partial charge < -0.3 is 11.1 Å². The van der Waals surface area contributed by atoms with Gasteiger partial charge in [-0.3, -0.25) is 0 Å². The van der Waals surface area contributed by atoms with Gasteiger partial charge in [-0.25, -0.2) is 0 Å². The van der Waals surface area contributed by atoms with Gasteiger partial charge in [-0.2, -0.15) is 0 Å². The van der Waals surface area contributed by atoms with E-state index >= 15 is 0 Å². The van der Waals surface area contributed by atoms with E-state index in [2.05, 4.69) is 12.2 Å². The highest BCUT2D eigenvalue weighted by atomic mass is 35.5. The van der Waals surface area contributed by atoms with Crippen LogP contribution in [0.3, 0.4) is 0 Å². The monoisotopic (exact) mass is 198 g/mol. The zero-order valence-electron chi connectivity index (χ0n) is 7.76. The summed E-state index contributed by atoms with van der Waals surface area (Å²) in [4.78, 5) is 0. The van der Waals surface area contributed by atoms with Gasteiger partial charge >= 0.3 is 0 Å². The second-order valence-corrected chi connectivity index (χ2v) is 3.39. The molecule has 0 saturated heterocycles. The van der Waals surface area contributed by atoms with Crippen molar-refractivity contribution in [1.29, 1.82) is 0 Å². The number of nitrogens with two attached hydrogens (primary N) is 1. The van der Waals surface area contributed by atoms with Crippen LogP contribution < -0.4 is 11.1 Å². The Balaban J connectivity index is 2.65. The van der Waals surface area contributed by atoms with E-state index in [0.717, 1.165) is 17.1 Å². The summed E-state index contributed by atoms with van der Waals surface area (Å²) in [5.41, 5.74) is 6.52. The predicted octanol–water partition coefficient (Wildman–Crippen LogP) is 1.95. The normalized spacial score (nSPS) is 12.8. The van der Waals surface area contributed by atoms with Crippen LogP contribution in [0.4, 0.5) is 0 Å². The van der Waals surface area contributed by atoms with Gasteiger partial charge in [-0.1, -0.05) is 29.8 Å². The van der Waals surface area contributed by atoms with Crippen molar-refractivity contribution in [1.82, 2.24) is 5.32 Å². The van der Waals surface area contributed by atoms with Gasteiger partial charge in [0.05, 0.1) is 0 Å². The standard InChI is InChI=1S/C10H15ClN2/c1-8(13-7-6-12)9-4-2-3-5-10(9)11/h2-5,8,13H,6-7,12H2,1H3. The number of rotatable bonds is 4. The predicted molar refractivity (Wildman–Crippen MR) is 56.9 cm³/mol. The fraction of sp³-hybridized carbons (Fsp3) is 0.400. The van der Waals surface area contributed by atoms with Gasteiger partial charge in [0, 0.05) is 24.2 Å². The molecule has 13 heavy (non-hydrogen) atoms. The van der Waals surface area contributed by atoms with E-state index in [1.807, 2.05) is 24.3 Å². The van der Waals surface area contributed by atoms with Crippen molar-refractivity contribution in [2.75, 3.05) is 13.1 Å². The van der Waals surface area contributed by atoms with Crippen LogP contribution in [0.1, 0.15) is 18.5 Å². The van der Waals surface area contributed by atoms with Gasteiger partial charge in [-0.05, 0) is 18.6 Å². The Bertz CT molecular complexity index is 263. The van der Waals surface area contributed by atoms with Crippen molar-refractivity contribution in [2.24, 2.45) is 5.73 Å². The first kappa shape index (κ1) is 10.5. The number of nitrogens with one attached hydrogen (secondary N) is 1. The van der Waals surface area contributed by atoms with Crippen molar-refractivity contribution in [3.63, 3.8) is 0 Å². The lowest BCUT2D eigenvalue weighted by molar-refractivity contribution is 0.582. The molecule has 1 atom stereocenters. The minimum absolute atomic E-state index is 0.261. The summed E-state index contributed by atoms with van der Waals surface area (Å²) >= 11 is 6.03. The summed E-state index contributed by atoms with van der Waals surface area (Å²) in [7, 11) is 0. The highest BCUT2D eigenvalue weighted by Gasteiger charge is 2.06. The molecule has 0 aliphatic heterocycles. The molecule has 0 amide bonds. The second kappa shape index (κ2) is 5.22. The molecule has 0 spiro atoms. The average Bonchev–Trinajstić information content (AvgIpc) is 2.15. The summed E-state index contributed by atoms with van der Waals surface area (Å²) < 4.78 is 0. The minimum atomic E-state index is 0.261. The Labute approximate surface area is 84.1 Å². The molecule has 3 heteroatoms. The molecular formula is C10H15ClN2. The number of halogens is 1. The Hall–Kier alpha value is -0.570. The fourth-order valence-electron chi connectivity index (χ4n) is 1.24. The minimum Gasteiger partial charge on any atom is -0.329 e. The Morgan fingerprint density at radius 1 is 1.46 bits per heavy atom. The average molecular weight is 199 g/mol. The zero-order valence-corrected chi connectivity index (χ0v) is 8.51. The van der Waals surface area contributed by atoms with Crippen molar-refractivity contribution in [3.05, 3.63) is 34.9 Å². The van der Waals surface area contributed by atoms with Crippen molar-refractivity contribution in [3.8, 4) is 0 Å². The van der Waals surface area contributed by atoms with E-state index in [1.165, 1.54) is 0 Å². The van der Waals surface area contributed by atoms with E-state index in [-0.39, 0.29) is 6.04 Å². The van der Waals surface area contributed by atoms with Crippen molar-refractivity contribution >= 4 is 11.6 Å². The topological polar surface area (TPSA) is 38.0 Å². The second-order valence-electron chi connectivity index (χ2n) is 2.99. The molecule has 0 radical (unpaired) electrons. The number of hydrogen-bond donors (Lipinski definition) is 2. The molecule has 0 aromatic heterocycles. The molecular weight excluding hydrogens is 184 g/mol. The first-order chi connectivity index (χ1) is 6.25. The highest BCUT2D eigenvalue weighted by molar-refractivity contribution is 6.31. The molecule has 0 saturated carbocycles. The summed E-state index contributed by atoms with van der Waals surface area (Å²) in [5.74, 6) is 0. The fourth-order valence-corrected chi connectivity index (χ4v) is 1.54. The summed E-state index contributed by atoms with van der Waals surface area (Å²) in [6.45, 7) is 3.54. The van der Waals surface area contributed by atoms with E-state index in [4.69, 9.17) is 17.3 Å². The van der Waals surface area contributed by atoms with E-state index in [9.17, 15) is 0 Å². The lowest BCUT2D eigenvalue weighted by Crippen LogP contribution is -2.25. The smallest absolute Gasteiger partial charge is 0.0453 e. The van der Waals surface area contributed by atoms with Crippen molar-refractivity contribution in [2.45, 2.75) is 13.0 Å². The first-order valence-electron chi connectivity index (χ1n) is 4.43. The SMILES string of the molecule is CC(NCCN)c1ccccc1Cl. The maximum absolute atomic E-state index is 6.03. The lowest BCUT2D eigenvalue weighted by atomic mass is 10.1. The van der Waals surface area contributed by atoms with E-state index in [0.29, 0.717) is 6.54 Å². The van der Waals surface area contributed by atoms with Crippen LogP contribution >= 0.6 is 11.6 Å². The third-order valence-corrected chi connectivity index (χ3v) is 2.31. The third kappa shape index (κ3) is 2.99. The zero-order chi connectivity index (χ0) is 9.68. The quantitative estimate of drug-likeness (QED) is 0.776. The van der Waals surface area contributed by atoms with Gasteiger partial charge in [-0.15, -0.1) is 0 Å². The van der Waals surface area contributed by atoms with Crippen molar-refractivity contribution < 1.29 is 0 Å². The van der Waals surface area contributed by atoms with Crippen LogP contribution in [-0.4, -0.2) is 13.1 Å². The van der Waals surface area contributed by atoms with E-state index in [1.54, 1.807) is 0 Å². The molecule has 3 N–H and O–H groups in total. The number of hydrogen-bond acceptors (Lipinski definition) is 2. The Morgan fingerprint density at radius 2 is 2.15 bits per heavy atom. The third-order valence-electron chi connectivity index (χ3n) is 1.97. The summed E-state index contributed by atoms with van der Waals surface area (Å²) in [6.07, 6.45) is 0. The Morgan fingerprint density at radius 3 is 2.77 bits per heavy atom. The van der Waals surface area contributed by atoms with Crippen LogP contribution in [0, 0.1) is 0 Å². The van der Waals surface area contributed by atoms with Crippen LogP contribution in [0.5, 0.6) is 0 Å². The van der Waals surface area contributed by atoms with Crippen LogP contribution in [0.15, 0.2) is 24.3 Å². The molecule has 72 valence electrons. The molecule has 0 fully saturated rings. The summed E-state index contributed by atoms with van der Waals surface area (Å²) in [6, 6.07) is 8.11. The molecule has 1 rings (SSSR count). The van der Waals surface area contributed by atoms with Gasteiger partial charge in [0.1, 0.15) is 0 Å². The van der Waals surface area contributed by atoms with E-state index < -0.39 is 0 Å². The molecule has 2 nitrogen and oxygen atoms in total. The van der Waals surface area contributed by atoms with Gasteiger partial charge in [0.15, 0.2) is 0 Å². The largest absolute Gasteiger partial charge is 0.329 e. The molecule has 1 aromatic carbocycles. The molecule has 0 bridgehead atoms. The first-order valence-corrected chi connectivity index (χ1v) is 4.81. The maximum atomic E-state index is 6.03. The van der Waals surface area contributed by atoms with Gasteiger partial charge in [0.2, 0.25) is 0 Å². The molecule has 1 aromatic rings. The van der Waals surface area contributed by atoms with Crippen LogP contribution in [-0.2, 0) is 0 Å². The molecule has 0 aliphatic rings. The Kier molecular flexibility index (Phi) is 4.22. The lowest BCUT2D eigenvalue weighted by Gasteiger charge is -2.14. The highest BCUT2D eigenvalue weighted by Crippen LogP contribution is 2.21. The summed E-state index contributed by atoms with van der Waals surface area (Å²) in [5, 5.41) is 4.09. The number of benzene rings is 1. The molecule has 0 aliphatic carbocycles. The molecule has 1 unspecified atom stereocenters.